The summed E-state index contributed by atoms with van der Waals surface area (Å²) in [5.41, 5.74) is 9.94. The standard InChI is InChI=1S/C28H30N2/c1-19-11-10-12-20(2)26(19)25-18-29-27(22-13-8-7-9-14-22)30(25)24-16-15-23(17-21(24)3)28(4,5)6/h7-18H,1-6H3. The number of aryl methyl sites for hydroxylation is 3. The molecule has 4 rings (SSSR count). The van der Waals surface area contributed by atoms with Crippen LogP contribution in [0.4, 0.5) is 0 Å². The maximum atomic E-state index is 4.90. The Morgan fingerprint density at radius 2 is 1.40 bits per heavy atom. The van der Waals surface area contributed by atoms with Gasteiger partial charge in [-0.3, -0.25) is 4.57 Å². The van der Waals surface area contributed by atoms with Crippen molar-refractivity contribution in [2.45, 2.75) is 47.0 Å². The number of hydrogen-bond acceptors (Lipinski definition) is 1. The minimum atomic E-state index is 0.121. The lowest BCUT2D eigenvalue weighted by Gasteiger charge is -2.22. The van der Waals surface area contributed by atoms with E-state index in [4.69, 9.17) is 4.98 Å². The predicted molar refractivity (Wildman–Crippen MR) is 127 cm³/mol. The molecule has 4 aromatic rings. The second-order valence-electron chi connectivity index (χ2n) is 9.19. The van der Waals surface area contributed by atoms with E-state index >= 15 is 0 Å². The van der Waals surface area contributed by atoms with Crippen molar-refractivity contribution in [3.63, 3.8) is 0 Å². The first kappa shape index (κ1) is 20.2. The third-order valence-electron chi connectivity index (χ3n) is 5.83. The summed E-state index contributed by atoms with van der Waals surface area (Å²) >= 11 is 0. The number of imidazole rings is 1. The van der Waals surface area contributed by atoms with Crippen LogP contribution in [0.15, 0.2) is 72.9 Å². The summed E-state index contributed by atoms with van der Waals surface area (Å²) in [5.74, 6) is 0.972. The largest absolute Gasteiger partial charge is 0.292 e. The third-order valence-corrected chi connectivity index (χ3v) is 5.83. The fourth-order valence-electron chi connectivity index (χ4n) is 4.15. The lowest BCUT2D eigenvalue weighted by molar-refractivity contribution is 0.589. The Morgan fingerprint density at radius 3 is 2.00 bits per heavy atom. The molecule has 2 heteroatoms. The first-order chi connectivity index (χ1) is 14.3. The van der Waals surface area contributed by atoms with Gasteiger partial charge in [0.15, 0.2) is 0 Å². The molecule has 2 nitrogen and oxygen atoms in total. The monoisotopic (exact) mass is 394 g/mol. The van der Waals surface area contributed by atoms with E-state index in [1.165, 1.54) is 33.5 Å². The van der Waals surface area contributed by atoms with E-state index in [9.17, 15) is 0 Å². The first-order valence-electron chi connectivity index (χ1n) is 10.6. The van der Waals surface area contributed by atoms with Crippen LogP contribution in [0.2, 0.25) is 0 Å². The Labute approximate surface area is 180 Å². The summed E-state index contributed by atoms with van der Waals surface area (Å²) in [6.45, 7) is 13.3. The first-order valence-corrected chi connectivity index (χ1v) is 10.6. The molecule has 0 unspecified atom stereocenters. The molecule has 30 heavy (non-hydrogen) atoms. The number of rotatable bonds is 3. The van der Waals surface area contributed by atoms with Gasteiger partial charge in [-0.25, -0.2) is 4.98 Å². The fourth-order valence-corrected chi connectivity index (χ4v) is 4.15. The highest BCUT2D eigenvalue weighted by atomic mass is 15.1. The van der Waals surface area contributed by atoms with Crippen molar-refractivity contribution in [1.82, 2.24) is 9.55 Å². The molecule has 0 fully saturated rings. The molecule has 3 aromatic carbocycles. The summed E-state index contributed by atoms with van der Waals surface area (Å²) < 4.78 is 2.33. The zero-order chi connectivity index (χ0) is 21.5. The topological polar surface area (TPSA) is 17.8 Å². The van der Waals surface area contributed by atoms with E-state index in [1.54, 1.807) is 0 Å². The molecule has 0 bridgehead atoms. The fraction of sp³-hybridized carbons (Fsp3) is 0.250. The zero-order valence-electron chi connectivity index (χ0n) is 18.8. The third kappa shape index (κ3) is 3.59. The Morgan fingerprint density at radius 1 is 0.733 bits per heavy atom. The highest BCUT2D eigenvalue weighted by molar-refractivity contribution is 5.74. The zero-order valence-corrected chi connectivity index (χ0v) is 18.8. The van der Waals surface area contributed by atoms with Crippen molar-refractivity contribution < 1.29 is 0 Å². The van der Waals surface area contributed by atoms with Crippen molar-refractivity contribution in [1.29, 1.82) is 0 Å². The number of aromatic nitrogens is 2. The lowest BCUT2D eigenvalue weighted by Crippen LogP contribution is -2.12. The summed E-state index contributed by atoms with van der Waals surface area (Å²) in [7, 11) is 0. The van der Waals surface area contributed by atoms with Crippen LogP contribution in [0.1, 0.15) is 43.0 Å². The van der Waals surface area contributed by atoms with Crippen molar-refractivity contribution in [3.05, 3.63) is 95.2 Å². The van der Waals surface area contributed by atoms with Crippen LogP contribution in [0.5, 0.6) is 0 Å². The smallest absolute Gasteiger partial charge is 0.144 e. The van der Waals surface area contributed by atoms with Crippen LogP contribution in [0, 0.1) is 20.8 Å². The van der Waals surface area contributed by atoms with Crippen LogP contribution < -0.4 is 0 Å². The minimum Gasteiger partial charge on any atom is -0.292 e. The summed E-state index contributed by atoms with van der Waals surface area (Å²) in [4.78, 5) is 4.90. The van der Waals surface area contributed by atoms with E-state index < -0.39 is 0 Å². The van der Waals surface area contributed by atoms with Gasteiger partial charge in [0.1, 0.15) is 5.82 Å². The SMILES string of the molecule is Cc1cc(C(C)(C)C)ccc1-n1c(-c2c(C)cccc2C)cnc1-c1ccccc1. The van der Waals surface area contributed by atoms with Gasteiger partial charge in [-0.15, -0.1) is 0 Å². The molecule has 0 saturated heterocycles. The van der Waals surface area contributed by atoms with E-state index in [0.717, 1.165) is 17.1 Å². The number of hydrogen-bond donors (Lipinski definition) is 0. The Bertz CT molecular complexity index is 1170. The van der Waals surface area contributed by atoms with Gasteiger partial charge in [-0.2, -0.15) is 0 Å². The Hall–Kier alpha value is -3.13. The number of nitrogens with zero attached hydrogens (tertiary/aromatic N) is 2. The molecule has 0 saturated carbocycles. The summed E-state index contributed by atoms with van der Waals surface area (Å²) in [5, 5.41) is 0. The van der Waals surface area contributed by atoms with Crippen LogP contribution in [-0.2, 0) is 5.41 Å². The molecule has 0 atom stereocenters. The van der Waals surface area contributed by atoms with Crippen molar-refractivity contribution in [2.24, 2.45) is 0 Å². The minimum absolute atomic E-state index is 0.121. The Kier molecular flexibility index (Phi) is 5.11. The molecule has 0 aliphatic carbocycles. The van der Waals surface area contributed by atoms with Crippen molar-refractivity contribution in [3.8, 4) is 28.3 Å². The van der Waals surface area contributed by atoms with Crippen LogP contribution in [0.25, 0.3) is 28.3 Å². The van der Waals surface area contributed by atoms with Gasteiger partial charge in [0.25, 0.3) is 0 Å². The maximum absolute atomic E-state index is 4.90. The Balaban J connectivity index is 2.01. The van der Waals surface area contributed by atoms with E-state index in [1.807, 2.05) is 12.3 Å². The lowest BCUT2D eigenvalue weighted by atomic mass is 9.86. The van der Waals surface area contributed by atoms with Crippen LogP contribution in [-0.4, -0.2) is 9.55 Å². The predicted octanol–water partition coefficient (Wildman–Crippen LogP) is 7.43. The molecule has 0 amide bonds. The summed E-state index contributed by atoms with van der Waals surface area (Å²) in [6, 6.07) is 23.8. The van der Waals surface area contributed by atoms with Gasteiger partial charge in [0.2, 0.25) is 0 Å². The molecule has 1 aromatic heterocycles. The second-order valence-corrected chi connectivity index (χ2v) is 9.19. The van der Waals surface area contributed by atoms with E-state index in [0.29, 0.717) is 0 Å². The summed E-state index contributed by atoms with van der Waals surface area (Å²) in [6.07, 6.45) is 2.02. The van der Waals surface area contributed by atoms with Gasteiger partial charge in [-0.1, -0.05) is 81.4 Å². The van der Waals surface area contributed by atoms with Gasteiger partial charge < -0.3 is 0 Å². The van der Waals surface area contributed by atoms with E-state index in [-0.39, 0.29) is 5.41 Å². The van der Waals surface area contributed by atoms with Gasteiger partial charge in [-0.05, 0) is 54.5 Å². The van der Waals surface area contributed by atoms with Crippen molar-refractivity contribution >= 4 is 0 Å². The molecular formula is C28H30N2. The molecule has 0 N–H and O–H groups in total. The van der Waals surface area contributed by atoms with Crippen LogP contribution in [0.3, 0.4) is 0 Å². The quantitative estimate of drug-likeness (QED) is 0.353. The van der Waals surface area contributed by atoms with Crippen molar-refractivity contribution in [2.75, 3.05) is 0 Å². The maximum Gasteiger partial charge on any atom is 0.144 e. The second kappa shape index (κ2) is 7.60. The molecule has 0 aliphatic heterocycles. The highest BCUT2D eigenvalue weighted by Gasteiger charge is 2.20. The normalized spacial score (nSPS) is 11.7. The average Bonchev–Trinajstić information content (AvgIpc) is 3.12. The molecule has 152 valence electrons. The van der Waals surface area contributed by atoms with E-state index in [2.05, 4.69) is 107 Å². The van der Waals surface area contributed by atoms with Crippen LogP contribution >= 0.6 is 0 Å². The van der Waals surface area contributed by atoms with Gasteiger partial charge in [0, 0.05) is 11.1 Å². The van der Waals surface area contributed by atoms with Gasteiger partial charge >= 0.3 is 0 Å². The molecule has 0 radical (unpaired) electrons. The molecular weight excluding hydrogens is 364 g/mol. The molecule has 0 spiro atoms. The highest BCUT2D eigenvalue weighted by Crippen LogP contribution is 2.35. The molecule has 1 heterocycles. The van der Waals surface area contributed by atoms with Gasteiger partial charge in [0.05, 0.1) is 17.6 Å². The number of benzene rings is 3. The average molecular weight is 395 g/mol. The molecule has 0 aliphatic rings.